The Bertz CT molecular complexity index is 1150. The van der Waals surface area contributed by atoms with Crippen LogP contribution in [-0.4, -0.2) is 38.1 Å². The quantitative estimate of drug-likeness (QED) is 0.560. The Morgan fingerprint density at radius 1 is 1.07 bits per heavy atom. The fourth-order valence-electron chi connectivity index (χ4n) is 2.60. The molecule has 0 atom stereocenters. The molecule has 30 heavy (non-hydrogen) atoms. The molecule has 156 valence electrons. The standard InChI is InChI=1S/C21H20N2O5S2/c1-14-3-7-16(8-4-14)18-12-29-21(22-18)23-19(24)11-28-20(25)17-9-5-15(6-10-17)13-30(2,26)27/h3-10,12H,11,13H2,1-2H3,(H,22,23,24). The fraction of sp³-hybridized carbons (Fsp3) is 0.190. The molecular weight excluding hydrogens is 424 g/mol. The van der Waals surface area contributed by atoms with E-state index in [0.29, 0.717) is 10.7 Å². The van der Waals surface area contributed by atoms with Crippen LogP contribution >= 0.6 is 11.3 Å². The van der Waals surface area contributed by atoms with Crippen LogP contribution in [0.2, 0.25) is 0 Å². The molecular formula is C21H20N2O5S2. The molecule has 0 aliphatic carbocycles. The molecule has 1 heterocycles. The third-order valence-corrected chi connectivity index (χ3v) is 5.67. The smallest absolute Gasteiger partial charge is 0.338 e. The number of aromatic nitrogens is 1. The monoisotopic (exact) mass is 444 g/mol. The molecule has 1 aromatic heterocycles. The number of anilines is 1. The number of sulfone groups is 1. The molecule has 0 saturated heterocycles. The van der Waals surface area contributed by atoms with Gasteiger partial charge in [-0.3, -0.25) is 10.1 Å². The van der Waals surface area contributed by atoms with Gasteiger partial charge in [-0.25, -0.2) is 18.2 Å². The summed E-state index contributed by atoms with van der Waals surface area (Å²) in [5.74, 6) is -1.28. The van der Waals surface area contributed by atoms with Gasteiger partial charge in [0.1, 0.15) is 0 Å². The van der Waals surface area contributed by atoms with Crippen LogP contribution in [0.15, 0.2) is 53.9 Å². The molecule has 0 unspecified atom stereocenters. The fourth-order valence-corrected chi connectivity index (χ4v) is 4.13. The molecule has 0 bridgehead atoms. The van der Waals surface area contributed by atoms with E-state index in [1.807, 2.05) is 36.6 Å². The Labute approximate surface area is 178 Å². The molecule has 9 heteroatoms. The maximum absolute atomic E-state index is 12.1. The minimum absolute atomic E-state index is 0.108. The first-order chi connectivity index (χ1) is 14.2. The van der Waals surface area contributed by atoms with E-state index < -0.39 is 28.3 Å². The van der Waals surface area contributed by atoms with Crippen molar-refractivity contribution in [2.24, 2.45) is 0 Å². The van der Waals surface area contributed by atoms with E-state index in [1.165, 1.54) is 23.5 Å². The molecule has 0 aliphatic heterocycles. The summed E-state index contributed by atoms with van der Waals surface area (Å²) >= 11 is 1.28. The van der Waals surface area contributed by atoms with Gasteiger partial charge in [-0.1, -0.05) is 42.0 Å². The van der Waals surface area contributed by atoms with Gasteiger partial charge < -0.3 is 4.74 Å². The molecule has 7 nitrogen and oxygen atoms in total. The van der Waals surface area contributed by atoms with Gasteiger partial charge in [0.25, 0.3) is 5.91 Å². The van der Waals surface area contributed by atoms with E-state index in [9.17, 15) is 18.0 Å². The summed E-state index contributed by atoms with van der Waals surface area (Å²) in [6, 6.07) is 13.9. The van der Waals surface area contributed by atoms with Crippen LogP contribution in [-0.2, 0) is 25.1 Å². The van der Waals surface area contributed by atoms with Crippen molar-refractivity contribution >= 4 is 38.2 Å². The summed E-state index contributed by atoms with van der Waals surface area (Å²) in [4.78, 5) is 28.5. The van der Waals surface area contributed by atoms with E-state index in [1.54, 1.807) is 12.1 Å². The van der Waals surface area contributed by atoms with Crippen LogP contribution < -0.4 is 5.32 Å². The number of ether oxygens (including phenoxy) is 1. The molecule has 0 saturated carbocycles. The number of aryl methyl sites for hydroxylation is 1. The third-order valence-electron chi connectivity index (χ3n) is 4.05. The highest BCUT2D eigenvalue weighted by atomic mass is 32.2. The second-order valence-electron chi connectivity index (χ2n) is 6.80. The Kier molecular flexibility index (Phi) is 6.63. The lowest BCUT2D eigenvalue weighted by atomic mass is 10.1. The zero-order valence-electron chi connectivity index (χ0n) is 16.4. The normalized spacial score (nSPS) is 11.1. The number of nitrogens with zero attached hydrogens (tertiary/aromatic N) is 1. The van der Waals surface area contributed by atoms with Crippen LogP contribution in [0.4, 0.5) is 5.13 Å². The van der Waals surface area contributed by atoms with Gasteiger partial charge in [0.05, 0.1) is 17.0 Å². The average molecular weight is 445 g/mol. The van der Waals surface area contributed by atoms with E-state index in [4.69, 9.17) is 4.74 Å². The van der Waals surface area contributed by atoms with Crippen molar-refractivity contribution in [1.29, 1.82) is 0 Å². The summed E-state index contributed by atoms with van der Waals surface area (Å²) in [5.41, 5.74) is 3.65. The molecule has 1 N–H and O–H groups in total. The Hall–Kier alpha value is -3.04. The van der Waals surface area contributed by atoms with E-state index in [0.717, 1.165) is 23.1 Å². The molecule has 0 aliphatic rings. The van der Waals surface area contributed by atoms with Gasteiger partial charge in [-0.05, 0) is 24.6 Å². The Morgan fingerprint density at radius 3 is 2.37 bits per heavy atom. The highest BCUT2D eigenvalue weighted by Crippen LogP contribution is 2.25. The summed E-state index contributed by atoms with van der Waals surface area (Å²) in [6.07, 6.45) is 1.14. The van der Waals surface area contributed by atoms with Crippen molar-refractivity contribution in [2.45, 2.75) is 12.7 Å². The first-order valence-corrected chi connectivity index (χ1v) is 11.9. The molecule has 1 amide bonds. The predicted molar refractivity (Wildman–Crippen MR) is 116 cm³/mol. The number of carbonyl (C=O) groups excluding carboxylic acids is 2. The zero-order chi connectivity index (χ0) is 21.7. The van der Waals surface area contributed by atoms with Crippen molar-refractivity contribution < 1.29 is 22.7 Å². The molecule has 0 radical (unpaired) electrons. The van der Waals surface area contributed by atoms with Crippen LogP contribution in [0.25, 0.3) is 11.3 Å². The van der Waals surface area contributed by atoms with E-state index >= 15 is 0 Å². The SMILES string of the molecule is Cc1ccc(-c2csc(NC(=O)COC(=O)c3ccc(CS(C)(=O)=O)cc3)n2)cc1. The highest BCUT2D eigenvalue weighted by molar-refractivity contribution is 7.89. The van der Waals surface area contributed by atoms with Crippen LogP contribution in [0, 0.1) is 6.92 Å². The van der Waals surface area contributed by atoms with Crippen LogP contribution in [0.5, 0.6) is 0 Å². The number of esters is 1. The predicted octanol–water partition coefficient (Wildman–Crippen LogP) is 3.46. The minimum atomic E-state index is -3.15. The number of amides is 1. The van der Waals surface area contributed by atoms with Gasteiger partial charge in [0.15, 0.2) is 21.6 Å². The number of nitrogens with one attached hydrogen (secondary N) is 1. The Balaban J connectivity index is 1.52. The van der Waals surface area contributed by atoms with E-state index in [-0.39, 0.29) is 11.3 Å². The lowest BCUT2D eigenvalue weighted by Crippen LogP contribution is -2.20. The number of hydrogen-bond donors (Lipinski definition) is 1. The maximum atomic E-state index is 12.1. The first kappa shape index (κ1) is 21.7. The largest absolute Gasteiger partial charge is 0.452 e. The maximum Gasteiger partial charge on any atom is 0.338 e. The van der Waals surface area contributed by atoms with Crippen LogP contribution in [0.1, 0.15) is 21.5 Å². The van der Waals surface area contributed by atoms with Gasteiger partial charge in [0, 0.05) is 17.2 Å². The number of hydrogen-bond acceptors (Lipinski definition) is 7. The van der Waals surface area contributed by atoms with Gasteiger partial charge in [-0.2, -0.15) is 0 Å². The van der Waals surface area contributed by atoms with Crippen molar-refractivity contribution in [2.75, 3.05) is 18.2 Å². The zero-order valence-corrected chi connectivity index (χ0v) is 18.0. The number of carbonyl (C=O) groups is 2. The van der Waals surface area contributed by atoms with Crippen LogP contribution in [0.3, 0.4) is 0 Å². The van der Waals surface area contributed by atoms with Gasteiger partial charge >= 0.3 is 5.97 Å². The van der Waals surface area contributed by atoms with Crippen molar-refractivity contribution in [1.82, 2.24) is 4.98 Å². The molecule has 3 aromatic rings. The minimum Gasteiger partial charge on any atom is -0.452 e. The molecule has 0 fully saturated rings. The summed E-state index contributed by atoms with van der Waals surface area (Å²) in [7, 11) is -3.15. The van der Waals surface area contributed by atoms with Crippen molar-refractivity contribution in [3.05, 3.63) is 70.6 Å². The second kappa shape index (κ2) is 9.19. The van der Waals surface area contributed by atoms with Gasteiger partial charge in [0.2, 0.25) is 0 Å². The highest BCUT2D eigenvalue weighted by Gasteiger charge is 2.13. The number of thiazole rings is 1. The van der Waals surface area contributed by atoms with Crippen molar-refractivity contribution in [3.63, 3.8) is 0 Å². The number of rotatable bonds is 7. The molecule has 2 aromatic carbocycles. The number of benzene rings is 2. The lowest BCUT2D eigenvalue weighted by Gasteiger charge is -2.06. The Morgan fingerprint density at radius 2 is 1.73 bits per heavy atom. The van der Waals surface area contributed by atoms with Crippen molar-refractivity contribution in [3.8, 4) is 11.3 Å². The first-order valence-electron chi connectivity index (χ1n) is 8.96. The molecule has 0 spiro atoms. The third kappa shape index (κ3) is 6.23. The van der Waals surface area contributed by atoms with Gasteiger partial charge in [-0.15, -0.1) is 11.3 Å². The molecule has 3 rings (SSSR count). The lowest BCUT2D eigenvalue weighted by molar-refractivity contribution is -0.119. The summed E-state index contributed by atoms with van der Waals surface area (Å²) in [6.45, 7) is 1.55. The summed E-state index contributed by atoms with van der Waals surface area (Å²) < 4.78 is 27.6. The topological polar surface area (TPSA) is 102 Å². The van der Waals surface area contributed by atoms with E-state index in [2.05, 4.69) is 10.3 Å². The second-order valence-corrected chi connectivity index (χ2v) is 9.79. The summed E-state index contributed by atoms with van der Waals surface area (Å²) in [5, 5.41) is 4.86. The average Bonchev–Trinajstić information content (AvgIpc) is 3.14.